The van der Waals surface area contributed by atoms with Gasteiger partial charge in [-0.2, -0.15) is 0 Å². The first kappa shape index (κ1) is 26.8. The van der Waals surface area contributed by atoms with Crippen molar-refractivity contribution in [1.29, 1.82) is 0 Å². The van der Waals surface area contributed by atoms with Gasteiger partial charge in [-0.1, -0.05) is 0 Å². The van der Waals surface area contributed by atoms with Crippen molar-refractivity contribution in [2.45, 2.75) is 51.0 Å². The van der Waals surface area contributed by atoms with Crippen LogP contribution in [0.1, 0.15) is 49.5 Å². The van der Waals surface area contributed by atoms with Crippen LogP contribution in [0, 0.1) is 11.6 Å². The fourth-order valence-electron chi connectivity index (χ4n) is 4.43. The molecule has 0 unspecified atom stereocenters. The molecular formula is C24H25F4N3O5S. The maximum atomic E-state index is 15.2. The first-order valence-corrected chi connectivity index (χ1v) is 13.2. The number of halogens is 4. The van der Waals surface area contributed by atoms with Gasteiger partial charge in [0.25, 0.3) is 12.3 Å². The summed E-state index contributed by atoms with van der Waals surface area (Å²) in [5.41, 5.74) is -2.67. The van der Waals surface area contributed by atoms with Crippen LogP contribution in [0.5, 0.6) is 5.88 Å². The maximum Gasteiger partial charge on any atom is 0.272 e. The third-order valence-corrected chi connectivity index (χ3v) is 8.39. The molecule has 1 N–H and O–H groups in total. The van der Waals surface area contributed by atoms with Crippen molar-refractivity contribution in [2.24, 2.45) is 0 Å². The number of amides is 2. The Kier molecular flexibility index (Phi) is 6.72. The minimum absolute atomic E-state index is 0.0241. The van der Waals surface area contributed by atoms with E-state index in [1.807, 2.05) is 0 Å². The van der Waals surface area contributed by atoms with E-state index in [0.29, 0.717) is 6.20 Å². The lowest BCUT2D eigenvalue weighted by molar-refractivity contribution is -0.121. The van der Waals surface area contributed by atoms with Crippen molar-refractivity contribution >= 4 is 33.0 Å². The average Bonchev–Trinajstić information content (AvgIpc) is 2.99. The highest BCUT2D eigenvalue weighted by molar-refractivity contribution is 7.91. The predicted molar refractivity (Wildman–Crippen MR) is 126 cm³/mol. The molecule has 13 heteroatoms. The minimum atomic E-state index is -3.19. The van der Waals surface area contributed by atoms with Crippen LogP contribution in [0.25, 0.3) is 0 Å². The van der Waals surface area contributed by atoms with Crippen LogP contribution in [0.2, 0.25) is 0 Å². The lowest BCUT2D eigenvalue weighted by atomic mass is 9.85. The Bertz CT molecular complexity index is 1370. The van der Waals surface area contributed by atoms with Crippen LogP contribution in [-0.2, 0) is 20.0 Å². The molecule has 200 valence electrons. The average molecular weight is 544 g/mol. The molecule has 2 aromatic rings. The second-order valence-electron chi connectivity index (χ2n) is 9.96. The number of anilines is 2. The van der Waals surface area contributed by atoms with Crippen molar-refractivity contribution in [3.05, 3.63) is 47.2 Å². The Morgan fingerprint density at radius 2 is 1.76 bits per heavy atom. The van der Waals surface area contributed by atoms with E-state index in [1.54, 1.807) is 6.92 Å². The van der Waals surface area contributed by atoms with E-state index < -0.39 is 57.3 Å². The summed E-state index contributed by atoms with van der Waals surface area (Å²) in [6, 6.07) is 3.12. The van der Waals surface area contributed by atoms with Gasteiger partial charge in [-0.05, 0) is 51.3 Å². The number of pyridine rings is 1. The second-order valence-corrected chi connectivity index (χ2v) is 12.3. The smallest absolute Gasteiger partial charge is 0.272 e. The van der Waals surface area contributed by atoms with Crippen molar-refractivity contribution in [3.63, 3.8) is 0 Å². The van der Waals surface area contributed by atoms with Crippen molar-refractivity contribution in [3.8, 4) is 5.88 Å². The summed E-state index contributed by atoms with van der Waals surface area (Å²) >= 11 is 0. The summed E-state index contributed by atoms with van der Waals surface area (Å²) in [6.07, 6.45) is -1.76. The van der Waals surface area contributed by atoms with Crippen LogP contribution in [0.15, 0.2) is 24.4 Å². The Hall–Kier alpha value is -3.22. The lowest BCUT2D eigenvalue weighted by Crippen LogP contribution is -2.51. The number of fused-ring (bicyclic) bond motifs is 1. The first-order chi connectivity index (χ1) is 17.1. The third-order valence-electron chi connectivity index (χ3n) is 6.74. The predicted octanol–water partition coefficient (Wildman–Crippen LogP) is 3.66. The van der Waals surface area contributed by atoms with Gasteiger partial charge in [0.2, 0.25) is 11.8 Å². The standard InChI is InChI=1S/C24H25F4N3O5S/c1-23(2)14-8-13(21(32)30-24(3)4-6-37(34,35)7-5-24)15(25)9-17(14)31(22(23)33)18-10-20(29-11-16(18)26)36-12-19(27)28/h8-11,19H,4-7,12H2,1-3H3,(H,30,32). The minimum Gasteiger partial charge on any atom is -0.472 e. The van der Waals surface area contributed by atoms with E-state index in [9.17, 15) is 31.2 Å². The molecule has 4 rings (SSSR count). The molecule has 0 radical (unpaired) electrons. The molecule has 2 amide bonds. The number of carbonyl (C=O) groups excluding carboxylic acids is 2. The zero-order valence-corrected chi connectivity index (χ0v) is 21.1. The maximum absolute atomic E-state index is 15.2. The van der Waals surface area contributed by atoms with Gasteiger partial charge in [-0.15, -0.1) is 0 Å². The van der Waals surface area contributed by atoms with E-state index in [-0.39, 0.29) is 52.7 Å². The van der Waals surface area contributed by atoms with Crippen molar-refractivity contribution in [1.82, 2.24) is 10.3 Å². The van der Waals surface area contributed by atoms with Gasteiger partial charge in [0, 0.05) is 11.6 Å². The van der Waals surface area contributed by atoms with Gasteiger partial charge in [0.15, 0.2) is 12.4 Å². The number of hydrogen-bond donors (Lipinski definition) is 1. The number of nitrogens with zero attached hydrogens (tertiary/aromatic N) is 2. The number of rotatable bonds is 6. The van der Waals surface area contributed by atoms with E-state index in [0.717, 1.165) is 17.0 Å². The van der Waals surface area contributed by atoms with E-state index in [2.05, 4.69) is 10.3 Å². The molecule has 0 bridgehead atoms. The van der Waals surface area contributed by atoms with E-state index in [1.165, 1.54) is 19.9 Å². The quantitative estimate of drug-likeness (QED) is 0.558. The number of sulfone groups is 1. The SMILES string of the molecule is CC1(NC(=O)c2cc3c(cc2F)N(c2cc(OCC(F)F)ncc2F)C(=O)C3(C)C)CCS(=O)(=O)CC1. The van der Waals surface area contributed by atoms with Crippen molar-refractivity contribution < 1.29 is 40.3 Å². The molecule has 1 saturated heterocycles. The van der Waals surface area contributed by atoms with E-state index >= 15 is 4.39 Å². The molecule has 1 aromatic carbocycles. The largest absolute Gasteiger partial charge is 0.472 e. The zero-order valence-electron chi connectivity index (χ0n) is 20.3. The van der Waals surface area contributed by atoms with Crippen LogP contribution in [0.3, 0.4) is 0 Å². The topological polar surface area (TPSA) is 106 Å². The summed E-state index contributed by atoms with van der Waals surface area (Å²) in [5.74, 6) is -3.93. The molecule has 8 nitrogen and oxygen atoms in total. The number of hydrogen-bond acceptors (Lipinski definition) is 6. The van der Waals surface area contributed by atoms with Crippen LogP contribution in [-0.4, -0.2) is 55.3 Å². The van der Waals surface area contributed by atoms with Crippen molar-refractivity contribution in [2.75, 3.05) is 23.0 Å². The summed E-state index contributed by atoms with van der Waals surface area (Å²) < 4.78 is 83.4. The highest BCUT2D eigenvalue weighted by Crippen LogP contribution is 2.47. The highest BCUT2D eigenvalue weighted by atomic mass is 32.2. The molecular weight excluding hydrogens is 518 g/mol. The molecule has 0 aliphatic carbocycles. The molecule has 0 saturated carbocycles. The number of carbonyl (C=O) groups is 2. The number of alkyl halides is 2. The molecule has 0 spiro atoms. The fourth-order valence-corrected chi connectivity index (χ4v) is 6.16. The first-order valence-electron chi connectivity index (χ1n) is 11.4. The Morgan fingerprint density at radius 3 is 2.38 bits per heavy atom. The Labute approximate surface area is 210 Å². The summed E-state index contributed by atoms with van der Waals surface area (Å²) in [4.78, 5) is 30.9. The molecule has 0 atom stereocenters. The monoisotopic (exact) mass is 543 g/mol. The van der Waals surface area contributed by atoms with Crippen LogP contribution >= 0.6 is 0 Å². The Balaban J connectivity index is 1.69. The zero-order chi connectivity index (χ0) is 27.3. The highest BCUT2D eigenvalue weighted by Gasteiger charge is 2.47. The van der Waals surface area contributed by atoms with Gasteiger partial charge in [-0.25, -0.2) is 31.0 Å². The fraction of sp³-hybridized carbons (Fsp3) is 0.458. The number of aromatic nitrogens is 1. The Morgan fingerprint density at radius 1 is 1.11 bits per heavy atom. The summed E-state index contributed by atoms with van der Waals surface area (Å²) in [6.45, 7) is 3.73. The van der Waals surface area contributed by atoms with Crippen LogP contribution < -0.4 is 15.0 Å². The van der Waals surface area contributed by atoms with Gasteiger partial charge in [0.1, 0.15) is 15.7 Å². The van der Waals surface area contributed by atoms with Gasteiger partial charge in [0.05, 0.1) is 40.1 Å². The molecule has 3 heterocycles. The molecule has 1 aromatic heterocycles. The molecule has 1 fully saturated rings. The molecule has 37 heavy (non-hydrogen) atoms. The summed E-state index contributed by atoms with van der Waals surface area (Å²) in [7, 11) is -3.19. The lowest BCUT2D eigenvalue weighted by Gasteiger charge is -2.34. The van der Waals surface area contributed by atoms with Gasteiger partial charge >= 0.3 is 0 Å². The van der Waals surface area contributed by atoms with Gasteiger partial charge < -0.3 is 10.1 Å². The number of ether oxygens (including phenoxy) is 1. The van der Waals surface area contributed by atoms with E-state index in [4.69, 9.17) is 4.74 Å². The summed E-state index contributed by atoms with van der Waals surface area (Å²) in [5, 5.41) is 2.71. The molecule has 2 aliphatic rings. The second kappa shape index (κ2) is 9.26. The third kappa shape index (κ3) is 5.13. The number of nitrogens with one attached hydrogen (secondary N) is 1. The normalized spacial score (nSPS) is 19.6. The number of benzene rings is 1. The van der Waals surface area contributed by atoms with Crippen LogP contribution in [0.4, 0.5) is 28.9 Å². The molecule has 2 aliphatic heterocycles. The van der Waals surface area contributed by atoms with Gasteiger partial charge in [-0.3, -0.25) is 14.5 Å².